The molecule has 0 atom stereocenters. The number of likely N-dealkylation sites (N-methyl/N-ethyl adjacent to an activating group) is 1. The molecule has 0 saturated heterocycles. The number of aliphatic hydroxyl groups is 1. The Labute approximate surface area is 179 Å². The minimum atomic E-state index is -0.141. The number of methoxy groups -OCH3 is 1. The summed E-state index contributed by atoms with van der Waals surface area (Å²) < 4.78 is 7.20. The summed E-state index contributed by atoms with van der Waals surface area (Å²) in [6.07, 6.45) is 5.39. The van der Waals surface area contributed by atoms with Gasteiger partial charge in [0.1, 0.15) is 5.75 Å². The van der Waals surface area contributed by atoms with E-state index in [1.807, 2.05) is 53.2 Å². The number of hydrogen-bond acceptors (Lipinski definition) is 6. The van der Waals surface area contributed by atoms with Crippen LogP contribution in [0.5, 0.6) is 5.75 Å². The van der Waals surface area contributed by atoms with E-state index in [0.29, 0.717) is 23.6 Å². The average molecular weight is 417 g/mol. The second-order valence-corrected chi connectivity index (χ2v) is 6.99. The fourth-order valence-corrected chi connectivity index (χ4v) is 3.29. The number of aromatic nitrogens is 3. The first-order valence-corrected chi connectivity index (χ1v) is 9.80. The molecule has 0 fully saturated rings. The molecule has 0 aliphatic carbocycles. The Morgan fingerprint density at radius 1 is 1.13 bits per heavy atom. The van der Waals surface area contributed by atoms with E-state index in [2.05, 4.69) is 15.3 Å². The Morgan fingerprint density at radius 2 is 1.87 bits per heavy atom. The molecule has 0 radical (unpaired) electrons. The monoisotopic (exact) mass is 417 g/mol. The number of rotatable bonds is 7. The third kappa shape index (κ3) is 4.19. The molecule has 4 aromatic rings. The second-order valence-electron chi connectivity index (χ2n) is 6.99. The van der Waals surface area contributed by atoms with E-state index in [0.717, 1.165) is 22.7 Å². The minimum absolute atomic E-state index is 0.0691. The number of benzene rings is 2. The largest absolute Gasteiger partial charge is 0.497 e. The zero-order chi connectivity index (χ0) is 21.8. The van der Waals surface area contributed by atoms with Crippen molar-refractivity contribution in [2.24, 2.45) is 0 Å². The highest BCUT2D eigenvalue weighted by Crippen LogP contribution is 2.26. The molecule has 8 nitrogen and oxygen atoms in total. The maximum atomic E-state index is 12.3. The Balaban J connectivity index is 1.58. The topological polar surface area (TPSA) is 92.0 Å². The van der Waals surface area contributed by atoms with Crippen molar-refractivity contribution in [3.63, 3.8) is 0 Å². The number of hydrogen-bond donors (Lipinski definition) is 2. The fourth-order valence-electron chi connectivity index (χ4n) is 3.29. The van der Waals surface area contributed by atoms with Gasteiger partial charge < -0.3 is 20.1 Å². The number of carbonyl (C=O) groups is 1. The van der Waals surface area contributed by atoms with E-state index in [4.69, 9.17) is 9.84 Å². The SMILES string of the molecule is COc1ccc(-c2cnc3c(Nc4ccc(C(=O)N(C)CCO)cc4)nccn23)cc1. The molecule has 2 N–H and O–H groups in total. The van der Waals surface area contributed by atoms with Crippen molar-refractivity contribution in [3.05, 3.63) is 72.7 Å². The summed E-state index contributed by atoms with van der Waals surface area (Å²) in [5.74, 6) is 1.27. The molecule has 0 bridgehead atoms. The zero-order valence-electron chi connectivity index (χ0n) is 17.3. The summed E-state index contributed by atoms with van der Waals surface area (Å²) in [5.41, 5.74) is 3.98. The van der Waals surface area contributed by atoms with Gasteiger partial charge in [0, 0.05) is 42.8 Å². The van der Waals surface area contributed by atoms with Gasteiger partial charge in [-0.25, -0.2) is 9.97 Å². The molecule has 8 heteroatoms. The number of amides is 1. The van der Waals surface area contributed by atoms with Crippen molar-refractivity contribution in [2.45, 2.75) is 0 Å². The highest BCUT2D eigenvalue weighted by Gasteiger charge is 2.13. The van der Waals surface area contributed by atoms with Crippen molar-refractivity contribution >= 4 is 23.1 Å². The molecule has 31 heavy (non-hydrogen) atoms. The van der Waals surface area contributed by atoms with Crippen LogP contribution in [0.25, 0.3) is 16.9 Å². The highest BCUT2D eigenvalue weighted by atomic mass is 16.5. The second kappa shape index (κ2) is 8.85. The number of fused-ring (bicyclic) bond motifs is 1. The molecule has 1 amide bonds. The first kappa shape index (κ1) is 20.4. The van der Waals surface area contributed by atoms with Crippen LogP contribution in [-0.2, 0) is 0 Å². The normalized spacial score (nSPS) is 10.8. The standard InChI is InChI=1S/C23H23N5O3/c1-27(13-14-29)23(30)17-3-7-18(8-4-17)26-21-22-25-15-20(28(22)12-11-24-21)16-5-9-19(31-2)10-6-16/h3-12,15,29H,13-14H2,1-2H3,(H,24,26). The highest BCUT2D eigenvalue weighted by molar-refractivity contribution is 5.94. The average Bonchev–Trinajstić information content (AvgIpc) is 3.24. The molecule has 0 spiro atoms. The number of carbonyl (C=O) groups excluding carboxylic acids is 1. The lowest BCUT2D eigenvalue weighted by atomic mass is 10.1. The van der Waals surface area contributed by atoms with Gasteiger partial charge in [-0.1, -0.05) is 0 Å². The van der Waals surface area contributed by atoms with E-state index >= 15 is 0 Å². The number of anilines is 2. The van der Waals surface area contributed by atoms with Crippen LogP contribution < -0.4 is 10.1 Å². The lowest BCUT2D eigenvalue weighted by Gasteiger charge is -2.16. The van der Waals surface area contributed by atoms with E-state index < -0.39 is 0 Å². The van der Waals surface area contributed by atoms with Crippen molar-refractivity contribution in [3.8, 4) is 17.0 Å². The summed E-state index contributed by atoms with van der Waals surface area (Å²) in [6.45, 7) is 0.224. The number of aliphatic hydroxyl groups excluding tert-OH is 1. The van der Waals surface area contributed by atoms with Crippen LogP contribution in [-0.4, -0.2) is 57.6 Å². The van der Waals surface area contributed by atoms with Crippen molar-refractivity contribution < 1.29 is 14.6 Å². The van der Waals surface area contributed by atoms with Crippen molar-refractivity contribution in [1.29, 1.82) is 0 Å². The van der Waals surface area contributed by atoms with Crippen molar-refractivity contribution in [2.75, 3.05) is 32.6 Å². The predicted octanol–water partition coefficient (Wildman–Crippen LogP) is 3.21. The quantitative estimate of drug-likeness (QED) is 0.480. The molecular formula is C23H23N5O3. The van der Waals surface area contributed by atoms with Crippen LogP contribution in [0.2, 0.25) is 0 Å². The zero-order valence-corrected chi connectivity index (χ0v) is 17.3. The molecule has 2 heterocycles. The maximum Gasteiger partial charge on any atom is 0.253 e. The van der Waals surface area contributed by atoms with Crippen LogP contribution in [0.15, 0.2) is 67.1 Å². The van der Waals surface area contributed by atoms with Gasteiger partial charge in [0.2, 0.25) is 0 Å². The van der Waals surface area contributed by atoms with E-state index in [1.165, 1.54) is 4.90 Å². The van der Waals surface area contributed by atoms with Crippen LogP contribution >= 0.6 is 0 Å². The molecule has 0 unspecified atom stereocenters. The summed E-state index contributed by atoms with van der Waals surface area (Å²) in [5, 5.41) is 12.3. The Morgan fingerprint density at radius 3 is 2.55 bits per heavy atom. The number of ether oxygens (including phenoxy) is 1. The number of imidazole rings is 1. The summed E-state index contributed by atoms with van der Waals surface area (Å²) in [4.78, 5) is 22.8. The summed E-state index contributed by atoms with van der Waals surface area (Å²) in [7, 11) is 3.30. The van der Waals surface area contributed by atoms with E-state index in [-0.39, 0.29) is 12.5 Å². The van der Waals surface area contributed by atoms with Crippen LogP contribution in [0.1, 0.15) is 10.4 Å². The van der Waals surface area contributed by atoms with E-state index in [1.54, 1.807) is 32.5 Å². The minimum Gasteiger partial charge on any atom is -0.497 e. The summed E-state index contributed by atoms with van der Waals surface area (Å²) >= 11 is 0. The van der Waals surface area contributed by atoms with Gasteiger partial charge in [-0.15, -0.1) is 0 Å². The molecule has 4 rings (SSSR count). The number of nitrogens with zero attached hydrogens (tertiary/aromatic N) is 4. The Hall–Kier alpha value is -3.91. The maximum absolute atomic E-state index is 12.3. The van der Waals surface area contributed by atoms with E-state index in [9.17, 15) is 4.79 Å². The molecule has 0 saturated carbocycles. The van der Waals surface area contributed by atoms with Crippen LogP contribution in [0, 0.1) is 0 Å². The summed E-state index contributed by atoms with van der Waals surface area (Å²) in [6, 6.07) is 14.9. The number of nitrogens with one attached hydrogen (secondary N) is 1. The fraction of sp³-hybridized carbons (Fsp3) is 0.174. The lowest BCUT2D eigenvalue weighted by molar-refractivity contribution is 0.0767. The van der Waals surface area contributed by atoms with Crippen molar-refractivity contribution in [1.82, 2.24) is 19.3 Å². The first-order valence-electron chi connectivity index (χ1n) is 9.80. The van der Waals surface area contributed by atoms with Gasteiger partial charge >= 0.3 is 0 Å². The smallest absolute Gasteiger partial charge is 0.253 e. The third-order valence-electron chi connectivity index (χ3n) is 4.99. The first-order chi connectivity index (χ1) is 15.1. The van der Waals surface area contributed by atoms with Gasteiger partial charge in [0.15, 0.2) is 11.5 Å². The predicted molar refractivity (Wildman–Crippen MR) is 119 cm³/mol. The molecule has 0 aliphatic heterocycles. The Kier molecular flexibility index (Phi) is 5.81. The Bertz CT molecular complexity index is 1190. The van der Waals surface area contributed by atoms with Crippen LogP contribution in [0.4, 0.5) is 11.5 Å². The van der Waals surface area contributed by atoms with Gasteiger partial charge in [0.05, 0.1) is 25.6 Å². The van der Waals surface area contributed by atoms with Crippen LogP contribution in [0.3, 0.4) is 0 Å². The molecule has 0 aliphatic rings. The van der Waals surface area contributed by atoms with Gasteiger partial charge in [0.25, 0.3) is 5.91 Å². The third-order valence-corrected chi connectivity index (χ3v) is 4.99. The molecule has 2 aromatic carbocycles. The van der Waals surface area contributed by atoms with Gasteiger partial charge in [-0.2, -0.15) is 0 Å². The molecule has 158 valence electrons. The molecular weight excluding hydrogens is 394 g/mol. The lowest BCUT2D eigenvalue weighted by Crippen LogP contribution is -2.29. The van der Waals surface area contributed by atoms with Gasteiger partial charge in [-0.05, 0) is 48.5 Å². The molecule has 2 aromatic heterocycles. The van der Waals surface area contributed by atoms with Gasteiger partial charge in [-0.3, -0.25) is 9.20 Å².